The van der Waals surface area contributed by atoms with Crippen LogP contribution in [0.5, 0.6) is 5.75 Å². The Kier molecular flexibility index (Phi) is 13.6. The molecule has 0 saturated carbocycles. The highest BCUT2D eigenvalue weighted by atomic mass is 16.5. The molecule has 17 heteroatoms. The van der Waals surface area contributed by atoms with Crippen LogP contribution in [0.15, 0.2) is 79.0 Å². The van der Waals surface area contributed by atoms with Crippen molar-refractivity contribution in [3.8, 4) is 5.75 Å². The van der Waals surface area contributed by atoms with Gasteiger partial charge in [-0.2, -0.15) is 0 Å². The van der Waals surface area contributed by atoms with Gasteiger partial charge < -0.3 is 40.5 Å². The Labute approximate surface area is 346 Å². The van der Waals surface area contributed by atoms with Gasteiger partial charge in [-0.15, -0.1) is 0 Å². The van der Waals surface area contributed by atoms with Crippen LogP contribution < -0.4 is 16.0 Å². The highest BCUT2D eigenvalue weighted by Gasteiger charge is 2.45. The summed E-state index contributed by atoms with van der Waals surface area (Å²) in [6.07, 6.45) is 0.235. The van der Waals surface area contributed by atoms with Crippen molar-refractivity contribution < 1.29 is 48.2 Å². The zero-order valence-corrected chi connectivity index (χ0v) is 33.6. The molecule has 3 fully saturated rings. The summed E-state index contributed by atoms with van der Waals surface area (Å²) in [5.41, 5.74) is 0.560. The van der Waals surface area contributed by atoms with Gasteiger partial charge in [-0.25, -0.2) is 9.78 Å². The van der Waals surface area contributed by atoms with Crippen molar-refractivity contribution >= 4 is 47.2 Å². The fourth-order valence-corrected chi connectivity index (χ4v) is 7.88. The lowest BCUT2D eigenvalue weighted by molar-refractivity contribution is -0.156. The number of hydrogen-bond donors (Lipinski definition) is 4. The molecule has 60 heavy (non-hydrogen) atoms. The second-order valence-corrected chi connectivity index (χ2v) is 15.2. The Balaban J connectivity index is 1.43. The van der Waals surface area contributed by atoms with Crippen molar-refractivity contribution in [3.63, 3.8) is 0 Å². The molecule has 0 unspecified atom stereocenters. The summed E-state index contributed by atoms with van der Waals surface area (Å²) in [4.78, 5) is 121. The van der Waals surface area contributed by atoms with E-state index in [1.165, 1.54) is 47.0 Å². The lowest BCUT2D eigenvalue weighted by Crippen LogP contribution is -2.61. The number of hydrogen-bond acceptors (Lipinski definition) is 11. The molecular formula is C43H49N7O10. The number of ketones is 1. The molecule has 4 N–H and O–H groups in total. The number of cyclic esters (lactones) is 1. The molecule has 17 nitrogen and oxygen atoms in total. The quantitative estimate of drug-likeness (QED) is 0.259. The number of nitrogens with one attached hydrogen (secondary N) is 3. The first-order valence-corrected chi connectivity index (χ1v) is 20.0. The number of pyridine rings is 1. The minimum absolute atomic E-state index is 0.0410. The number of carbonyl (C=O) groups is 8. The molecule has 3 aliphatic rings. The summed E-state index contributed by atoms with van der Waals surface area (Å²) in [6, 6.07) is 11.7. The minimum atomic E-state index is -1.68. The minimum Gasteiger partial charge on any atom is -0.505 e. The predicted octanol–water partition coefficient (Wildman–Crippen LogP) is 1.20. The number of fused-ring (bicyclic) bond motifs is 2. The number of benzene rings is 2. The van der Waals surface area contributed by atoms with Gasteiger partial charge in [-0.3, -0.25) is 33.6 Å². The van der Waals surface area contributed by atoms with Crippen LogP contribution in [0.3, 0.4) is 0 Å². The first kappa shape index (κ1) is 42.9. The second kappa shape index (κ2) is 18.9. The van der Waals surface area contributed by atoms with Gasteiger partial charge in [0.15, 0.2) is 11.7 Å². The summed E-state index contributed by atoms with van der Waals surface area (Å²) in [6.45, 7) is 3.03. The van der Waals surface area contributed by atoms with Gasteiger partial charge in [0.2, 0.25) is 29.5 Å². The number of piperidine rings is 1. The number of amides is 6. The number of likely N-dealkylation sites (N-methyl/N-ethyl adjacent to an activating group) is 1. The van der Waals surface area contributed by atoms with E-state index in [-0.39, 0.29) is 56.5 Å². The maximum Gasteiger partial charge on any atom is 0.333 e. The number of ether oxygens (including phenoxy) is 1. The number of rotatable bonds is 6. The topological polar surface area (TPSA) is 225 Å². The third kappa shape index (κ3) is 9.45. The lowest BCUT2D eigenvalue weighted by Gasteiger charge is -2.40. The van der Waals surface area contributed by atoms with Crippen LogP contribution in [0.25, 0.3) is 0 Å². The van der Waals surface area contributed by atoms with Crippen molar-refractivity contribution in [2.75, 3.05) is 20.1 Å². The highest BCUT2D eigenvalue weighted by molar-refractivity contribution is 6.01. The molecule has 3 saturated heterocycles. The molecule has 1 aromatic heterocycles. The van der Waals surface area contributed by atoms with Crippen LogP contribution in [0.4, 0.5) is 0 Å². The molecule has 0 aliphatic carbocycles. The van der Waals surface area contributed by atoms with Gasteiger partial charge in [-0.05, 0) is 49.4 Å². The molecule has 0 bridgehead atoms. The van der Waals surface area contributed by atoms with E-state index in [1.807, 2.05) is 6.07 Å². The molecule has 6 rings (SSSR count). The molecule has 4 heterocycles. The fourth-order valence-electron chi connectivity index (χ4n) is 7.88. The Hall–Kier alpha value is -6.65. The normalized spacial score (nSPS) is 26.1. The van der Waals surface area contributed by atoms with E-state index >= 15 is 0 Å². The number of aromatic nitrogens is 1. The van der Waals surface area contributed by atoms with Crippen LogP contribution in [0.1, 0.15) is 73.6 Å². The number of aromatic hydroxyl groups is 1. The second-order valence-electron chi connectivity index (χ2n) is 15.2. The largest absolute Gasteiger partial charge is 0.505 e. The standard InChI is InChI=1S/C43H49N7O10/c1-4-29-40(56)49-21-12-17-30(49)41(57)48(3)32(23-26-13-7-5-8-14-26)42(58)50-22-19-28(51)24-31(50)37(53)47-35(27-15-9-6-10-16-27)43(59)60-25(2)34(38(54)45-29)46-39(55)36-33(52)18-11-20-44-36/h5-11,13-16,18,20,25,29-32,34-35,52H,4,12,17,19,21-24H2,1-3H3,(H,45,54)(H,46,55)(H,47,53)/t25-,29-,30+,31-,32-,34+,35-/m1/s1. The van der Waals surface area contributed by atoms with Crippen molar-refractivity contribution in [3.05, 3.63) is 95.8 Å². The average molecular weight is 824 g/mol. The summed E-state index contributed by atoms with van der Waals surface area (Å²) >= 11 is 0. The van der Waals surface area contributed by atoms with Crippen molar-refractivity contribution in [2.45, 2.75) is 94.7 Å². The predicted molar refractivity (Wildman–Crippen MR) is 213 cm³/mol. The summed E-state index contributed by atoms with van der Waals surface area (Å²) in [5, 5.41) is 18.2. The van der Waals surface area contributed by atoms with Crippen molar-refractivity contribution in [2.24, 2.45) is 0 Å². The van der Waals surface area contributed by atoms with Crippen molar-refractivity contribution in [1.29, 1.82) is 0 Å². The van der Waals surface area contributed by atoms with E-state index in [1.54, 1.807) is 61.5 Å². The van der Waals surface area contributed by atoms with E-state index in [2.05, 4.69) is 20.9 Å². The maximum absolute atomic E-state index is 14.8. The van der Waals surface area contributed by atoms with Gasteiger partial charge in [0, 0.05) is 45.6 Å². The maximum atomic E-state index is 14.8. The number of Topliss-reactive ketones (excluding diaryl/α,β-unsaturated/α-hetero) is 1. The molecule has 316 valence electrons. The van der Waals surface area contributed by atoms with Crippen LogP contribution in [0.2, 0.25) is 0 Å². The van der Waals surface area contributed by atoms with Gasteiger partial charge in [0.1, 0.15) is 47.8 Å². The smallest absolute Gasteiger partial charge is 0.333 e. The number of esters is 1. The van der Waals surface area contributed by atoms with Crippen LogP contribution in [-0.4, -0.2) is 128 Å². The monoisotopic (exact) mass is 823 g/mol. The molecular weight excluding hydrogens is 775 g/mol. The van der Waals surface area contributed by atoms with Gasteiger partial charge in [0.05, 0.1) is 0 Å². The molecule has 3 aromatic rings. The molecule has 0 radical (unpaired) electrons. The SMILES string of the molecule is CC[C@H]1NC(=O)[C@@H](NC(=O)c2ncccc2O)[C@@H](C)OC(=O)[C@@H](c2ccccc2)NC(=O)[C@H]2CC(=O)CCN2C(=O)[C@@H](Cc2ccccc2)N(C)C(=O)[C@@H]2CCCN2C1=O. The van der Waals surface area contributed by atoms with Crippen LogP contribution >= 0.6 is 0 Å². The summed E-state index contributed by atoms with van der Waals surface area (Å²) in [7, 11) is 1.47. The van der Waals surface area contributed by atoms with E-state index in [0.29, 0.717) is 6.42 Å². The molecule has 0 spiro atoms. The highest BCUT2D eigenvalue weighted by Crippen LogP contribution is 2.26. The van der Waals surface area contributed by atoms with Gasteiger partial charge in [-0.1, -0.05) is 67.6 Å². The zero-order valence-electron chi connectivity index (χ0n) is 33.6. The number of nitrogens with zero attached hydrogens (tertiary/aromatic N) is 4. The Morgan fingerprint density at radius 2 is 1.53 bits per heavy atom. The molecule has 3 aliphatic heterocycles. The van der Waals surface area contributed by atoms with Crippen LogP contribution in [-0.2, 0) is 44.7 Å². The summed E-state index contributed by atoms with van der Waals surface area (Å²) < 4.78 is 5.83. The molecule has 2 aromatic carbocycles. The first-order chi connectivity index (χ1) is 28.8. The summed E-state index contributed by atoms with van der Waals surface area (Å²) in [5.74, 6) is -6.30. The van der Waals surface area contributed by atoms with Gasteiger partial charge in [0.25, 0.3) is 5.91 Å². The van der Waals surface area contributed by atoms with E-state index < -0.39 is 95.2 Å². The Bertz CT molecular complexity index is 2120. The fraction of sp³-hybridized carbons (Fsp3) is 0.419. The van der Waals surface area contributed by atoms with E-state index in [4.69, 9.17) is 4.74 Å². The van der Waals surface area contributed by atoms with Crippen LogP contribution in [0, 0.1) is 0 Å². The zero-order chi connectivity index (χ0) is 43.1. The van der Waals surface area contributed by atoms with E-state index in [9.17, 15) is 43.5 Å². The third-order valence-corrected chi connectivity index (χ3v) is 11.2. The van der Waals surface area contributed by atoms with Crippen molar-refractivity contribution in [1.82, 2.24) is 35.6 Å². The lowest BCUT2D eigenvalue weighted by atomic mass is 9.95. The van der Waals surface area contributed by atoms with E-state index in [0.717, 1.165) is 5.56 Å². The van der Waals surface area contributed by atoms with Gasteiger partial charge >= 0.3 is 5.97 Å². The average Bonchev–Trinajstić information content (AvgIpc) is 3.75. The third-order valence-electron chi connectivity index (χ3n) is 11.2. The Morgan fingerprint density at radius 1 is 0.850 bits per heavy atom. The Morgan fingerprint density at radius 3 is 2.22 bits per heavy atom. The first-order valence-electron chi connectivity index (χ1n) is 20.0. The molecule has 6 amide bonds. The molecule has 7 atom stereocenters. The number of carbonyl (C=O) groups excluding carboxylic acids is 8.